The molecular formula is C18H21N7. The Labute approximate surface area is 146 Å². The molecule has 0 radical (unpaired) electrons. The Balaban J connectivity index is 1.55. The molecule has 0 aliphatic carbocycles. The lowest BCUT2D eigenvalue weighted by Gasteiger charge is -2.13. The number of aryl methyl sites for hydroxylation is 1. The number of imidazole rings is 1. The Morgan fingerprint density at radius 3 is 2.88 bits per heavy atom. The van der Waals surface area contributed by atoms with Gasteiger partial charge >= 0.3 is 0 Å². The van der Waals surface area contributed by atoms with Crippen molar-refractivity contribution in [1.82, 2.24) is 29.8 Å². The van der Waals surface area contributed by atoms with Crippen molar-refractivity contribution in [2.24, 2.45) is 0 Å². The Hall–Kier alpha value is -2.80. The number of pyridine rings is 1. The molecule has 1 aliphatic rings. The van der Waals surface area contributed by atoms with E-state index in [1.165, 1.54) is 5.56 Å². The van der Waals surface area contributed by atoms with Crippen LogP contribution in [0.3, 0.4) is 0 Å². The maximum absolute atomic E-state index is 4.76. The molecule has 7 nitrogen and oxygen atoms in total. The average molecular weight is 335 g/mol. The van der Waals surface area contributed by atoms with Crippen LogP contribution in [0, 0.1) is 0 Å². The summed E-state index contributed by atoms with van der Waals surface area (Å²) in [5.74, 6) is 2.76. The number of hydrogen-bond acceptors (Lipinski definition) is 6. The average Bonchev–Trinajstić information content (AvgIpc) is 3.31. The molecule has 25 heavy (non-hydrogen) atoms. The van der Waals surface area contributed by atoms with Gasteiger partial charge in [-0.3, -0.25) is 4.98 Å². The Kier molecular flexibility index (Phi) is 4.39. The molecule has 0 atom stereocenters. The highest BCUT2D eigenvalue weighted by Crippen LogP contribution is 2.25. The summed E-state index contributed by atoms with van der Waals surface area (Å²) in [5, 5.41) is 6.85. The van der Waals surface area contributed by atoms with E-state index in [1.807, 2.05) is 24.5 Å². The molecule has 3 aromatic rings. The minimum Gasteiger partial charge on any atom is -0.368 e. The summed E-state index contributed by atoms with van der Waals surface area (Å²) in [6, 6.07) is 3.87. The van der Waals surface area contributed by atoms with Crippen molar-refractivity contribution in [2.45, 2.75) is 33.0 Å². The fourth-order valence-electron chi connectivity index (χ4n) is 3.10. The molecule has 1 aliphatic heterocycles. The van der Waals surface area contributed by atoms with Crippen LogP contribution in [0.1, 0.15) is 24.0 Å². The SMILES string of the molecule is CCc1nccn1CCNc1nc(-c2ccncc2)nc2c1CNC2. The van der Waals surface area contributed by atoms with Gasteiger partial charge in [-0.25, -0.2) is 15.0 Å². The van der Waals surface area contributed by atoms with Crippen LogP contribution in [0.25, 0.3) is 11.4 Å². The Morgan fingerprint density at radius 2 is 2.04 bits per heavy atom. The largest absolute Gasteiger partial charge is 0.368 e. The second-order valence-corrected chi connectivity index (χ2v) is 5.98. The molecule has 128 valence electrons. The van der Waals surface area contributed by atoms with Crippen LogP contribution < -0.4 is 10.6 Å². The summed E-state index contributed by atoms with van der Waals surface area (Å²) in [7, 11) is 0. The van der Waals surface area contributed by atoms with Crippen LogP contribution in [-0.4, -0.2) is 31.0 Å². The smallest absolute Gasteiger partial charge is 0.161 e. The molecule has 0 spiro atoms. The van der Waals surface area contributed by atoms with Gasteiger partial charge in [-0.05, 0) is 12.1 Å². The minimum absolute atomic E-state index is 0.740. The molecule has 0 amide bonds. The fourth-order valence-corrected chi connectivity index (χ4v) is 3.10. The number of hydrogen-bond donors (Lipinski definition) is 2. The molecular weight excluding hydrogens is 314 g/mol. The topological polar surface area (TPSA) is 80.6 Å². The van der Waals surface area contributed by atoms with E-state index in [9.17, 15) is 0 Å². The van der Waals surface area contributed by atoms with E-state index in [1.54, 1.807) is 12.4 Å². The third kappa shape index (κ3) is 3.23. The minimum atomic E-state index is 0.740. The first kappa shape index (κ1) is 15.7. The summed E-state index contributed by atoms with van der Waals surface area (Å²) in [6.45, 7) is 5.37. The molecule has 0 unspecified atom stereocenters. The lowest BCUT2D eigenvalue weighted by molar-refractivity contribution is 0.679. The Bertz CT molecular complexity index is 857. The third-order valence-electron chi connectivity index (χ3n) is 4.39. The second kappa shape index (κ2) is 6.98. The molecule has 7 heteroatoms. The van der Waals surface area contributed by atoms with E-state index >= 15 is 0 Å². The molecule has 0 bridgehead atoms. The van der Waals surface area contributed by atoms with Gasteiger partial charge in [0.1, 0.15) is 11.6 Å². The number of anilines is 1. The maximum atomic E-state index is 4.76. The van der Waals surface area contributed by atoms with Gasteiger partial charge in [-0.2, -0.15) is 0 Å². The van der Waals surface area contributed by atoms with E-state index in [4.69, 9.17) is 9.97 Å². The van der Waals surface area contributed by atoms with Gasteiger partial charge in [0.2, 0.25) is 0 Å². The molecule has 2 N–H and O–H groups in total. The molecule has 0 saturated carbocycles. The number of fused-ring (bicyclic) bond motifs is 1. The van der Waals surface area contributed by atoms with Crippen molar-refractivity contribution in [3.05, 3.63) is 54.0 Å². The van der Waals surface area contributed by atoms with Crippen molar-refractivity contribution in [1.29, 1.82) is 0 Å². The maximum Gasteiger partial charge on any atom is 0.161 e. The first-order chi connectivity index (χ1) is 12.3. The molecule has 4 rings (SSSR count). The summed E-state index contributed by atoms with van der Waals surface area (Å²) >= 11 is 0. The van der Waals surface area contributed by atoms with Crippen LogP contribution in [0.2, 0.25) is 0 Å². The lowest BCUT2D eigenvalue weighted by atomic mass is 10.2. The molecule has 0 aromatic carbocycles. The van der Waals surface area contributed by atoms with Crippen LogP contribution in [-0.2, 0) is 26.1 Å². The third-order valence-corrected chi connectivity index (χ3v) is 4.39. The van der Waals surface area contributed by atoms with Crippen molar-refractivity contribution >= 4 is 5.82 Å². The molecule has 3 aromatic heterocycles. The molecule has 0 saturated heterocycles. The van der Waals surface area contributed by atoms with E-state index in [0.717, 1.165) is 61.3 Å². The zero-order valence-corrected chi connectivity index (χ0v) is 14.2. The van der Waals surface area contributed by atoms with E-state index in [2.05, 4.69) is 32.1 Å². The highest BCUT2D eigenvalue weighted by atomic mass is 15.1. The standard InChI is InChI=1S/C18H21N7/c1-2-16-21-7-9-25(16)10-8-22-18-14-11-20-12-15(14)23-17(24-18)13-3-5-19-6-4-13/h3-7,9,20H,2,8,10-12H2,1H3,(H,22,23,24). The van der Waals surface area contributed by atoms with E-state index in [0.29, 0.717) is 0 Å². The predicted octanol–water partition coefficient (Wildman–Crippen LogP) is 2.01. The first-order valence-corrected chi connectivity index (χ1v) is 8.60. The molecule has 4 heterocycles. The summed E-state index contributed by atoms with van der Waals surface area (Å²) in [5.41, 5.74) is 3.22. The Morgan fingerprint density at radius 1 is 1.16 bits per heavy atom. The van der Waals surface area contributed by atoms with Crippen molar-refractivity contribution in [3.8, 4) is 11.4 Å². The normalized spacial score (nSPS) is 13.0. The van der Waals surface area contributed by atoms with Gasteiger partial charge in [0.25, 0.3) is 0 Å². The van der Waals surface area contributed by atoms with Gasteiger partial charge in [-0.15, -0.1) is 0 Å². The zero-order valence-electron chi connectivity index (χ0n) is 14.2. The van der Waals surface area contributed by atoms with Crippen molar-refractivity contribution in [3.63, 3.8) is 0 Å². The van der Waals surface area contributed by atoms with Crippen LogP contribution in [0.5, 0.6) is 0 Å². The number of rotatable bonds is 6. The fraction of sp³-hybridized carbons (Fsp3) is 0.333. The highest BCUT2D eigenvalue weighted by Gasteiger charge is 2.19. The van der Waals surface area contributed by atoms with E-state index < -0.39 is 0 Å². The van der Waals surface area contributed by atoms with Gasteiger partial charge < -0.3 is 15.2 Å². The quantitative estimate of drug-likeness (QED) is 0.717. The zero-order chi connectivity index (χ0) is 17.1. The van der Waals surface area contributed by atoms with Gasteiger partial charge in [0, 0.05) is 68.5 Å². The lowest BCUT2D eigenvalue weighted by Crippen LogP contribution is -2.15. The van der Waals surface area contributed by atoms with Crippen LogP contribution in [0.15, 0.2) is 36.9 Å². The summed E-state index contributed by atoms with van der Waals surface area (Å²) in [4.78, 5) is 17.9. The second-order valence-electron chi connectivity index (χ2n) is 5.98. The van der Waals surface area contributed by atoms with Crippen molar-refractivity contribution in [2.75, 3.05) is 11.9 Å². The first-order valence-electron chi connectivity index (χ1n) is 8.60. The van der Waals surface area contributed by atoms with Crippen molar-refractivity contribution < 1.29 is 0 Å². The number of nitrogens with one attached hydrogen (secondary N) is 2. The van der Waals surface area contributed by atoms with Gasteiger partial charge in [0.05, 0.1) is 5.69 Å². The van der Waals surface area contributed by atoms with Gasteiger partial charge in [0.15, 0.2) is 5.82 Å². The monoisotopic (exact) mass is 335 g/mol. The highest BCUT2D eigenvalue weighted by molar-refractivity contribution is 5.60. The van der Waals surface area contributed by atoms with E-state index in [-0.39, 0.29) is 0 Å². The van der Waals surface area contributed by atoms with Gasteiger partial charge in [-0.1, -0.05) is 6.92 Å². The number of nitrogens with zero attached hydrogens (tertiary/aromatic N) is 5. The molecule has 0 fully saturated rings. The van der Waals surface area contributed by atoms with Crippen LogP contribution in [0.4, 0.5) is 5.82 Å². The summed E-state index contributed by atoms with van der Waals surface area (Å²) in [6.07, 6.45) is 8.35. The van der Waals surface area contributed by atoms with Crippen LogP contribution >= 0.6 is 0 Å². The summed E-state index contributed by atoms with van der Waals surface area (Å²) < 4.78 is 2.18. The predicted molar refractivity (Wildman–Crippen MR) is 95.9 cm³/mol. The number of aromatic nitrogens is 5.